The fraction of sp³-hybridized carbons (Fsp3) is 0.800. The van der Waals surface area contributed by atoms with E-state index in [1.165, 1.54) is 0 Å². The molecular formula is C15H24N6O2. The highest BCUT2D eigenvalue weighted by molar-refractivity contribution is 5.76. The van der Waals surface area contributed by atoms with Crippen molar-refractivity contribution in [2.75, 3.05) is 26.2 Å². The number of carbonyl (C=O) groups is 1. The van der Waals surface area contributed by atoms with Gasteiger partial charge in [-0.2, -0.15) is 0 Å². The summed E-state index contributed by atoms with van der Waals surface area (Å²) in [5.74, 6) is 0.913. The third kappa shape index (κ3) is 3.11. The summed E-state index contributed by atoms with van der Waals surface area (Å²) in [5.41, 5.74) is 7.30. The molecule has 0 unspecified atom stereocenters. The highest BCUT2D eigenvalue weighted by Gasteiger charge is 2.37. The molecule has 0 aromatic carbocycles. The van der Waals surface area contributed by atoms with E-state index in [4.69, 9.17) is 4.74 Å². The number of nitrogens with zero attached hydrogens (tertiary/aromatic N) is 4. The van der Waals surface area contributed by atoms with Gasteiger partial charge in [0.1, 0.15) is 0 Å². The highest BCUT2D eigenvalue weighted by atomic mass is 16.5. The van der Waals surface area contributed by atoms with Crippen molar-refractivity contribution < 1.29 is 9.53 Å². The molecule has 1 aromatic heterocycles. The second kappa shape index (κ2) is 6.54. The second-order valence-electron chi connectivity index (χ2n) is 6.74. The van der Waals surface area contributed by atoms with Gasteiger partial charge in [-0.05, 0) is 25.2 Å². The second-order valence-corrected chi connectivity index (χ2v) is 6.74. The Morgan fingerprint density at radius 2 is 2.26 bits per heavy atom. The van der Waals surface area contributed by atoms with E-state index < -0.39 is 0 Å². The summed E-state index contributed by atoms with van der Waals surface area (Å²) in [4.78, 5) is 14.4. The summed E-state index contributed by atoms with van der Waals surface area (Å²) in [6, 6.07) is 0.223. The number of fused-ring (bicyclic) bond motifs is 3. The lowest BCUT2D eigenvalue weighted by atomic mass is 9.99. The Hall–Kier alpha value is -1.51. The van der Waals surface area contributed by atoms with Crippen LogP contribution in [0.15, 0.2) is 6.20 Å². The first-order valence-electron chi connectivity index (χ1n) is 8.55. The van der Waals surface area contributed by atoms with Crippen LogP contribution in [0.3, 0.4) is 0 Å². The van der Waals surface area contributed by atoms with E-state index >= 15 is 0 Å². The van der Waals surface area contributed by atoms with Crippen molar-refractivity contribution in [3.63, 3.8) is 0 Å². The number of amides is 1. The van der Waals surface area contributed by atoms with Gasteiger partial charge in [0.15, 0.2) is 0 Å². The monoisotopic (exact) mass is 320 g/mol. The lowest BCUT2D eigenvalue weighted by Crippen LogP contribution is -2.50. The Morgan fingerprint density at radius 1 is 1.39 bits per heavy atom. The first kappa shape index (κ1) is 15.0. The van der Waals surface area contributed by atoms with Crippen LogP contribution >= 0.6 is 0 Å². The number of hydrazine groups is 1. The average Bonchev–Trinajstić information content (AvgIpc) is 3.25. The normalized spacial score (nSPS) is 27.7. The van der Waals surface area contributed by atoms with Crippen LogP contribution in [0.25, 0.3) is 0 Å². The van der Waals surface area contributed by atoms with Gasteiger partial charge in [-0.1, -0.05) is 5.21 Å². The number of hydrogen-bond donors (Lipinski definition) is 2. The quantitative estimate of drug-likeness (QED) is 0.802. The van der Waals surface area contributed by atoms with Crippen molar-refractivity contribution in [2.45, 2.75) is 44.4 Å². The fourth-order valence-electron chi connectivity index (χ4n) is 3.82. The molecule has 2 N–H and O–H groups in total. The van der Waals surface area contributed by atoms with E-state index in [0.717, 1.165) is 44.6 Å². The van der Waals surface area contributed by atoms with Gasteiger partial charge in [-0.25, -0.2) is 4.68 Å². The molecule has 1 aromatic rings. The van der Waals surface area contributed by atoms with Gasteiger partial charge in [-0.3, -0.25) is 15.6 Å². The number of ether oxygens (including phenoxy) is 1. The molecule has 4 rings (SSSR count). The van der Waals surface area contributed by atoms with Crippen LogP contribution in [-0.2, 0) is 16.1 Å². The molecule has 0 bridgehead atoms. The number of rotatable bonds is 4. The van der Waals surface area contributed by atoms with E-state index in [2.05, 4.69) is 21.2 Å². The molecule has 0 radical (unpaired) electrons. The standard InChI is InChI=1S/C15H24N6O2/c22-15(3-1-2-11-6-16-17-7-11)20-5-4-13-14(9-20)23-10-12-8-18-19-21(12)13/h8,11,13-14,16-17H,1-7,9-10H2/t13-,14-/m0/s1. The molecule has 126 valence electrons. The fourth-order valence-corrected chi connectivity index (χ4v) is 3.82. The predicted octanol–water partition coefficient (Wildman–Crippen LogP) is -0.155. The summed E-state index contributed by atoms with van der Waals surface area (Å²) in [6.07, 6.45) is 5.41. The van der Waals surface area contributed by atoms with Crippen molar-refractivity contribution in [1.82, 2.24) is 30.7 Å². The number of nitrogens with one attached hydrogen (secondary N) is 2. The molecule has 4 heterocycles. The Labute approximate surface area is 135 Å². The van der Waals surface area contributed by atoms with Gasteiger partial charge in [0.25, 0.3) is 0 Å². The van der Waals surface area contributed by atoms with E-state index in [1.54, 1.807) is 6.20 Å². The minimum atomic E-state index is 0.0464. The largest absolute Gasteiger partial charge is 0.368 e. The van der Waals surface area contributed by atoms with Crippen molar-refractivity contribution in [2.24, 2.45) is 5.92 Å². The van der Waals surface area contributed by atoms with Gasteiger partial charge in [0, 0.05) is 32.6 Å². The zero-order valence-electron chi connectivity index (χ0n) is 13.3. The zero-order chi connectivity index (χ0) is 15.6. The molecule has 3 aliphatic rings. The molecular weight excluding hydrogens is 296 g/mol. The summed E-state index contributed by atoms with van der Waals surface area (Å²) >= 11 is 0. The number of piperidine rings is 1. The van der Waals surface area contributed by atoms with E-state index in [-0.39, 0.29) is 18.1 Å². The van der Waals surface area contributed by atoms with Crippen LogP contribution in [0.1, 0.15) is 37.4 Å². The van der Waals surface area contributed by atoms with Crippen LogP contribution < -0.4 is 10.9 Å². The number of likely N-dealkylation sites (tertiary alicyclic amines) is 1. The maximum Gasteiger partial charge on any atom is 0.222 e. The SMILES string of the molecule is O=C(CCCC1CNNC1)N1CC[C@H]2[C@H](C1)OCc1cnnn12. The third-order valence-electron chi connectivity index (χ3n) is 5.19. The number of aromatic nitrogens is 3. The molecule has 3 aliphatic heterocycles. The Bertz CT molecular complexity index is 556. The maximum atomic E-state index is 12.4. The van der Waals surface area contributed by atoms with Crippen molar-refractivity contribution in [3.05, 3.63) is 11.9 Å². The minimum absolute atomic E-state index is 0.0464. The van der Waals surface area contributed by atoms with Crippen LogP contribution in [0.2, 0.25) is 0 Å². The molecule has 8 heteroatoms. The Balaban J connectivity index is 1.27. The maximum absolute atomic E-state index is 12.4. The smallest absolute Gasteiger partial charge is 0.222 e. The molecule has 0 aliphatic carbocycles. The summed E-state index contributed by atoms with van der Waals surface area (Å²) in [5, 5.41) is 8.15. The van der Waals surface area contributed by atoms with Crippen LogP contribution in [0, 0.1) is 5.92 Å². The third-order valence-corrected chi connectivity index (χ3v) is 5.19. The van der Waals surface area contributed by atoms with E-state index in [1.807, 2.05) is 9.58 Å². The molecule has 0 spiro atoms. The van der Waals surface area contributed by atoms with E-state index in [0.29, 0.717) is 25.5 Å². The zero-order valence-corrected chi connectivity index (χ0v) is 13.3. The molecule has 23 heavy (non-hydrogen) atoms. The molecule has 0 saturated carbocycles. The first-order chi connectivity index (χ1) is 11.3. The summed E-state index contributed by atoms with van der Waals surface area (Å²) in [7, 11) is 0. The van der Waals surface area contributed by atoms with Crippen molar-refractivity contribution >= 4 is 5.91 Å². The molecule has 8 nitrogen and oxygen atoms in total. The van der Waals surface area contributed by atoms with Gasteiger partial charge in [0.2, 0.25) is 5.91 Å². The Kier molecular flexibility index (Phi) is 4.28. The predicted molar refractivity (Wildman–Crippen MR) is 82.2 cm³/mol. The van der Waals surface area contributed by atoms with Crippen LogP contribution in [0.5, 0.6) is 0 Å². The van der Waals surface area contributed by atoms with Crippen molar-refractivity contribution in [1.29, 1.82) is 0 Å². The Morgan fingerprint density at radius 3 is 3.13 bits per heavy atom. The molecule has 2 fully saturated rings. The number of carbonyl (C=O) groups excluding carboxylic acids is 1. The van der Waals surface area contributed by atoms with Crippen molar-refractivity contribution in [3.8, 4) is 0 Å². The molecule has 2 atom stereocenters. The van der Waals surface area contributed by atoms with Crippen LogP contribution in [-0.4, -0.2) is 58.1 Å². The highest BCUT2D eigenvalue weighted by Crippen LogP contribution is 2.30. The van der Waals surface area contributed by atoms with Gasteiger partial charge in [-0.15, -0.1) is 5.10 Å². The summed E-state index contributed by atoms with van der Waals surface area (Å²) in [6.45, 7) is 4.02. The van der Waals surface area contributed by atoms with Gasteiger partial charge >= 0.3 is 0 Å². The molecule has 2 saturated heterocycles. The lowest BCUT2D eigenvalue weighted by molar-refractivity contribution is -0.139. The summed E-state index contributed by atoms with van der Waals surface area (Å²) < 4.78 is 7.90. The average molecular weight is 320 g/mol. The minimum Gasteiger partial charge on any atom is -0.368 e. The first-order valence-corrected chi connectivity index (χ1v) is 8.55. The van der Waals surface area contributed by atoms with Gasteiger partial charge < -0.3 is 9.64 Å². The van der Waals surface area contributed by atoms with E-state index in [9.17, 15) is 4.79 Å². The topological polar surface area (TPSA) is 84.3 Å². The molecule has 1 amide bonds. The van der Waals surface area contributed by atoms with Crippen LogP contribution in [0.4, 0.5) is 0 Å². The van der Waals surface area contributed by atoms with Gasteiger partial charge in [0.05, 0.1) is 30.6 Å². The number of hydrogen-bond acceptors (Lipinski definition) is 6. The lowest BCUT2D eigenvalue weighted by Gasteiger charge is -2.41.